The van der Waals surface area contributed by atoms with Gasteiger partial charge in [0.2, 0.25) is 0 Å². The van der Waals surface area contributed by atoms with Gasteiger partial charge in [0.15, 0.2) is 6.10 Å². The molecule has 5 nitrogen and oxygen atoms in total. The number of carbonyl (C=O) groups excluding carboxylic acids is 2. The van der Waals surface area contributed by atoms with Gasteiger partial charge in [0.1, 0.15) is 6.54 Å². The van der Waals surface area contributed by atoms with Crippen LogP contribution in [0.1, 0.15) is 174 Å². The zero-order valence-corrected chi connectivity index (χ0v) is 30.3. The monoisotopic (exact) mass is 695 g/mol. The van der Waals surface area contributed by atoms with Gasteiger partial charge in [-0.2, -0.15) is 0 Å². The summed E-state index contributed by atoms with van der Waals surface area (Å²) in [5.74, 6) is -0.424. The van der Waals surface area contributed by atoms with E-state index < -0.39 is 6.10 Å². The average molecular weight is 696 g/mol. The van der Waals surface area contributed by atoms with Gasteiger partial charge in [-0.3, -0.25) is 9.59 Å². The topological polar surface area (TPSA) is 52.6 Å². The normalized spacial score (nSPS) is 12.1. The molecule has 0 aliphatic rings. The molecule has 0 amide bonds. The summed E-state index contributed by atoms with van der Waals surface area (Å²) in [5.41, 5.74) is 0. The highest BCUT2D eigenvalue weighted by atomic mass is 127. The zero-order valence-electron chi connectivity index (χ0n) is 28.1. The first-order valence-corrected chi connectivity index (χ1v) is 17.4. The first-order valence-electron chi connectivity index (χ1n) is 17.4. The molecule has 0 fully saturated rings. The molecule has 0 aliphatic carbocycles. The van der Waals surface area contributed by atoms with Gasteiger partial charge in [-0.25, -0.2) is 0 Å². The summed E-state index contributed by atoms with van der Waals surface area (Å²) in [5, 5.41) is 0. The highest BCUT2D eigenvalue weighted by molar-refractivity contribution is 5.72. The number of rotatable bonds is 30. The molecule has 0 N–H and O–H groups in total. The predicted octanol–water partition coefficient (Wildman–Crippen LogP) is 6.94. The van der Waals surface area contributed by atoms with E-state index >= 15 is 0 Å². The van der Waals surface area contributed by atoms with E-state index in [0.717, 1.165) is 25.7 Å². The fourth-order valence-electron chi connectivity index (χ4n) is 5.31. The van der Waals surface area contributed by atoms with E-state index in [1.165, 1.54) is 122 Å². The Bertz CT molecular complexity index is 579. The molecule has 0 rings (SSSR count). The molecular formula is C35H70INO4. The Hall–Kier alpha value is -0.370. The number of likely N-dealkylation sites (N-methyl/N-ethyl adjacent to an activating group) is 1. The van der Waals surface area contributed by atoms with Crippen LogP contribution in [0.5, 0.6) is 0 Å². The molecule has 0 aromatic heterocycles. The fraction of sp³-hybridized carbons (Fsp3) is 0.943. The van der Waals surface area contributed by atoms with E-state index in [-0.39, 0.29) is 42.3 Å². The third-order valence-electron chi connectivity index (χ3n) is 7.69. The van der Waals surface area contributed by atoms with E-state index in [9.17, 15) is 9.59 Å². The van der Waals surface area contributed by atoms with Crippen LogP contribution in [0.2, 0.25) is 0 Å². The first-order chi connectivity index (χ1) is 19.3. The second-order valence-electron chi connectivity index (χ2n) is 13.2. The average Bonchev–Trinajstić information content (AvgIpc) is 2.89. The predicted molar refractivity (Wildman–Crippen MR) is 171 cm³/mol. The Morgan fingerprint density at radius 3 is 1.29 bits per heavy atom. The molecule has 0 saturated heterocycles. The maximum atomic E-state index is 12.5. The van der Waals surface area contributed by atoms with Crippen molar-refractivity contribution in [3.63, 3.8) is 0 Å². The molecule has 0 heterocycles. The fourth-order valence-corrected chi connectivity index (χ4v) is 5.31. The van der Waals surface area contributed by atoms with Crippen molar-refractivity contribution in [3.8, 4) is 0 Å². The van der Waals surface area contributed by atoms with Gasteiger partial charge in [-0.15, -0.1) is 0 Å². The molecule has 6 heteroatoms. The zero-order chi connectivity index (χ0) is 29.7. The van der Waals surface area contributed by atoms with Crippen LogP contribution >= 0.6 is 0 Å². The Morgan fingerprint density at radius 2 is 0.902 bits per heavy atom. The maximum absolute atomic E-state index is 12.5. The number of carbonyl (C=O) groups is 2. The van der Waals surface area contributed by atoms with E-state index in [2.05, 4.69) is 35.0 Å². The van der Waals surface area contributed by atoms with Crippen LogP contribution in [-0.4, -0.2) is 56.8 Å². The minimum atomic E-state index is -0.422. The van der Waals surface area contributed by atoms with Crippen molar-refractivity contribution in [2.75, 3.05) is 34.3 Å². The SMILES string of the molecule is CCCCCCCCCCCCCCOC(=O)C[C@@H](C[N+](C)(C)C)OC(=O)CCCCCCCCCCCCC.[I-]. The first kappa shape index (κ1) is 42.8. The van der Waals surface area contributed by atoms with Crippen LogP contribution in [0, 0.1) is 0 Å². The molecule has 1 atom stereocenters. The van der Waals surface area contributed by atoms with Crippen LogP contribution in [0.3, 0.4) is 0 Å². The van der Waals surface area contributed by atoms with Crippen molar-refractivity contribution in [2.24, 2.45) is 0 Å². The second-order valence-corrected chi connectivity index (χ2v) is 13.2. The van der Waals surface area contributed by atoms with E-state index in [4.69, 9.17) is 9.47 Å². The summed E-state index contributed by atoms with van der Waals surface area (Å²) in [6.07, 6.45) is 29.5. The van der Waals surface area contributed by atoms with Crippen molar-refractivity contribution in [1.29, 1.82) is 0 Å². The number of nitrogens with zero attached hydrogens (tertiary/aromatic N) is 1. The minimum absolute atomic E-state index is 0. The number of unbranched alkanes of at least 4 members (excludes halogenated alkanes) is 21. The van der Waals surface area contributed by atoms with Gasteiger partial charge in [0, 0.05) is 6.42 Å². The number of ether oxygens (including phenoxy) is 2. The standard InChI is InChI=1S/C35H70NO4.HI/c1-6-8-10-12-14-16-18-20-22-24-26-28-30-39-35(38)31-33(32-36(3,4)5)40-34(37)29-27-25-23-21-19-17-15-13-11-9-7-2;/h33H,6-32H2,1-5H3;1H/q+1;/p-1/t33-;/m0./s1. The summed E-state index contributed by atoms with van der Waals surface area (Å²) in [4.78, 5) is 24.9. The van der Waals surface area contributed by atoms with E-state index in [1.54, 1.807) is 0 Å². The van der Waals surface area contributed by atoms with Gasteiger partial charge in [0.25, 0.3) is 0 Å². The molecule has 0 aromatic carbocycles. The van der Waals surface area contributed by atoms with Crippen LogP contribution < -0.4 is 24.0 Å². The Morgan fingerprint density at radius 1 is 0.537 bits per heavy atom. The van der Waals surface area contributed by atoms with Crippen LogP contribution in [0.15, 0.2) is 0 Å². The maximum Gasteiger partial charge on any atom is 0.309 e. The number of hydrogen-bond acceptors (Lipinski definition) is 4. The van der Waals surface area contributed by atoms with Crippen molar-refractivity contribution >= 4 is 11.9 Å². The second kappa shape index (κ2) is 31.1. The van der Waals surface area contributed by atoms with Gasteiger partial charge in [-0.1, -0.05) is 149 Å². The van der Waals surface area contributed by atoms with Crippen LogP contribution in [0.25, 0.3) is 0 Å². The third-order valence-corrected chi connectivity index (χ3v) is 7.69. The summed E-state index contributed by atoms with van der Waals surface area (Å²) < 4.78 is 11.9. The molecule has 246 valence electrons. The largest absolute Gasteiger partial charge is 1.00 e. The van der Waals surface area contributed by atoms with Gasteiger partial charge < -0.3 is 37.9 Å². The lowest BCUT2D eigenvalue weighted by Crippen LogP contribution is -3.00. The van der Waals surface area contributed by atoms with E-state index in [0.29, 0.717) is 24.1 Å². The number of halogens is 1. The Kier molecular flexibility index (Phi) is 32.4. The summed E-state index contributed by atoms with van der Waals surface area (Å²) in [7, 11) is 6.17. The lowest BCUT2D eigenvalue weighted by molar-refractivity contribution is -0.873. The molecule has 0 saturated carbocycles. The highest BCUT2D eigenvalue weighted by Gasteiger charge is 2.25. The quantitative estimate of drug-likeness (QED) is 0.0354. The Labute approximate surface area is 273 Å². The molecular weight excluding hydrogens is 625 g/mol. The van der Waals surface area contributed by atoms with E-state index in [1.807, 2.05) is 0 Å². The Balaban J connectivity index is 0. The molecule has 41 heavy (non-hydrogen) atoms. The molecule has 0 spiro atoms. The number of esters is 2. The van der Waals surface area contributed by atoms with Gasteiger partial charge >= 0.3 is 11.9 Å². The van der Waals surface area contributed by atoms with Crippen molar-refractivity contribution in [3.05, 3.63) is 0 Å². The van der Waals surface area contributed by atoms with Crippen molar-refractivity contribution < 1.29 is 47.5 Å². The highest BCUT2D eigenvalue weighted by Crippen LogP contribution is 2.15. The molecule has 0 radical (unpaired) electrons. The van der Waals surface area contributed by atoms with Crippen LogP contribution in [0.4, 0.5) is 0 Å². The molecule has 0 aliphatic heterocycles. The molecule has 0 unspecified atom stereocenters. The van der Waals surface area contributed by atoms with Gasteiger partial charge in [0.05, 0.1) is 34.2 Å². The number of hydrogen-bond donors (Lipinski definition) is 0. The smallest absolute Gasteiger partial charge is 0.309 e. The number of quaternary nitrogens is 1. The molecule has 0 bridgehead atoms. The van der Waals surface area contributed by atoms with Crippen molar-refractivity contribution in [2.45, 2.75) is 180 Å². The van der Waals surface area contributed by atoms with Crippen molar-refractivity contribution in [1.82, 2.24) is 0 Å². The summed E-state index contributed by atoms with van der Waals surface area (Å²) in [6.45, 7) is 5.61. The summed E-state index contributed by atoms with van der Waals surface area (Å²) >= 11 is 0. The lowest BCUT2D eigenvalue weighted by Gasteiger charge is -2.28. The molecule has 0 aromatic rings. The lowest BCUT2D eigenvalue weighted by atomic mass is 10.1. The third kappa shape index (κ3) is 34.0. The van der Waals surface area contributed by atoms with Gasteiger partial charge in [-0.05, 0) is 12.8 Å². The van der Waals surface area contributed by atoms with Crippen LogP contribution in [-0.2, 0) is 19.1 Å². The summed E-state index contributed by atoms with van der Waals surface area (Å²) in [6, 6.07) is 0. The minimum Gasteiger partial charge on any atom is -1.00 e.